The van der Waals surface area contributed by atoms with Gasteiger partial charge in [0.25, 0.3) is 23.6 Å². The van der Waals surface area contributed by atoms with Gasteiger partial charge in [-0.2, -0.15) is 0 Å². The molecule has 38 nitrogen and oxygen atoms in total. The number of benzene rings is 4. The summed E-state index contributed by atoms with van der Waals surface area (Å²) in [7, 11) is 4.09. The van der Waals surface area contributed by atoms with E-state index in [4.69, 9.17) is 52.1 Å². The highest BCUT2D eigenvalue weighted by Crippen LogP contribution is 2.45. The summed E-state index contributed by atoms with van der Waals surface area (Å²) in [6.45, 7) is 11.6. The van der Waals surface area contributed by atoms with Gasteiger partial charge in [0.1, 0.15) is 73.9 Å². The van der Waals surface area contributed by atoms with E-state index < -0.39 is 147 Å². The normalized spacial score (nSPS) is 24.7. The molecule has 6 aliphatic rings. The fourth-order valence-electron chi connectivity index (χ4n) is 13.6. The van der Waals surface area contributed by atoms with Crippen molar-refractivity contribution in [3.8, 4) is 34.5 Å². The Morgan fingerprint density at radius 1 is 0.562 bits per heavy atom. The molecule has 6 amide bonds. The summed E-state index contributed by atoms with van der Waals surface area (Å²) >= 11 is 0. The highest BCUT2D eigenvalue weighted by Gasteiger charge is 2.52. The summed E-state index contributed by atoms with van der Waals surface area (Å²) in [5.41, 5.74) is 0.708. The van der Waals surface area contributed by atoms with Crippen LogP contribution in [-0.4, -0.2) is 272 Å². The number of aromatic nitrogens is 3. The van der Waals surface area contributed by atoms with Crippen LogP contribution < -0.4 is 53.5 Å². The van der Waals surface area contributed by atoms with E-state index in [1.165, 1.54) is 91.8 Å². The molecule has 5 aromatic rings. The molecule has 1 aromatic heterocycles. The number of anilines is 2. The van der Waals surface area contributed by atoms with E-state index in [-0.39, 0.29) is 144 Å². The van der Waals surface area contributed by atoms with Gasteiger partial charge in [0.15, 0.2) is 60.1 Å². The number of aliphatic hydroxyl groups is 8. The number of ether oxygens (including phenoxy) is 11. The number of carboxylic acid groups (broad SMARTS) is 2. The number of nitrogens with zero attached hydrogens (tertiary/aromatic N) is 7. The van der Waals surface area contributed by atoms with Crippen molar-refractivity contribution in [1.82, 2.24) is 30.3 Å². The number of amides is 6. The van der Waals surface area contributed by atoms with E-state index in [0.29, 0.717) is 43.4 Å². The zero-order chi connectivity index (χ0) is 80.7. The first-order valence-corrected chi connectivity index (χ1v) is 35.9. The highest BCUT2D eigenvalue weighted by atomic mass is 16.7. The SMILES string of the molecule is C=C1C[C@H]2C(O)N(C(=O)OCc3ccc(O[C@@H]4O[C@H](C(=O)O)[C@@H](O)[C@H](O)[C@H]4O)c(C(=O)NCCC[n+]4ccn(C(C)C)n4)c3)c3cc(OCCCCCOc4cc5c(cc4OC)C(=O)N4CC(=C)C[C@H]4C(O)N5C(=O)OCc4ccc(O[C@@H]5O[C@H](C(=O)O)[C@@H](O)[C@H](O)[C@H]5O)c(C(=O)NCCOC)c4)c(OC)cc3C(=O)N2C1. The monoisotopic (exact) mass is 1570 g/mol. The number of hydrogen-bond donors (Lipinski definition) is 12. The Bertz CT molecular complexity index is 4370. The molecule has 14 atom stereocenters. The fourth-order valence-corrected chi connectivity index (χ4v) is 13.6. The number of rotatable bonds is 30. The third-order valence-corrected chi connectivity index (χ3v) is 19.6. The topological polar surface area (TPSA) is 499 Å². The largest absolute Gasteiger partial charge is 0.493 e. The van der Waals surface area contributed by atoms with Crippen molar-refractivity contribution in [3.05, 3.63) is 131 Å². The van der Waals surface area contributed by atoms with Crippen molar-refractivity contribution < 1.29 is 146 Å². The molecule has 112 heavy (non-hydrogen) atoms. The van der Waals surface area contributed by atoms with Crippen LogP contribution in [0.4, 0.5) is 21.0 Å². The molecule has 0 spiro atoms. The Hall–Kier alpha value is -10.8. The number of unbranched alkanes of at least 4 members (excludes halogenated alkanes) is 2. The van der Waals surface area contributed by atoms with Crippen LogP contribution in [0.3, 0.4) is 0 Å². The van der Waals surface area contributed by atoms with Gasteiger partial charge in [-0.1, -0.05) is 36.4 Å². The number of fused-ring (bicyclic) bond motifs is 4. The Morgan fingerprint density at radius 2 is 1.01 bits per heavy atom. The number of aliphatic hydroxyl groups excluding tert-OH is 8. The maximum Gasteiger partial charge on any atom is 0.416 e. The van der Waals surface area contributed by atoms with Crippen molar-refractivity contribution in [2.24, 2.45) is 0 Å². The van der Waals surface area contributed by atoms with Crippen LogP contribution in [0.5, 0.6) is 34.5 Å². The van der Waals surface area contributed by atoms with Crippen LogP contribution in [0.25, 0.3) is 0 Å². The molecule has 4 saturated heterocycles. The van der Waals surface area contributed by atoms with Gasteiger partial charge in [-0.3, -0.25) is 19.2 Å². The second kappa shape index (κ2) is 35.7. The van der Waals surface area contributed by atoms with Crippen molar-refractivity contribution in [2.75, 3.05) is 77.1 Å². The lowest BCUT2D eigenvalue weighted by Crippen LogP contribution is -2.61. The van der Waals surface area contributed by atoms with Crippen LogP contribution in [0, 0.1) is 0 Å². The summed E-state index contributed by atoms with van der Waals surface area (Å²) in [4.78, 5) is 114. The minimum absolute atomic E-state index is 0.00278. The Kier molecular flexibility index (Phi) is 26.2. The third-order valence-electron chi connectivity index (χ3n) is 19.6. The molecule has 6 aliphatic heterocycles. The van der Waals surface area contributed by atoms with E-state index in [2.05, 4.69) is 29.0 Å². The molecule has 4 fully saturated rings. The number of aryl methyl sites for hydroxylation is 1. The Labute approximate surface area is 639 Å². The van der Waals surface area contributed by atoms with Crippen molar-refractivity contribution in [3.63, 3.8) is 0 Å². The zero-order valence-electron chi connectivity index (χ0n) is 61.7. The maximum atomic E-state index is 14.7. The fraction of sp³-hybridized carbons (Fsp3) is 0.486. The molecule has 0 radical (unpaired) electrons. The van der Waals surface area contributed by atoms with Gasteiger partial charge >= 0.3 is 24.1 Å². The van der Waals surface area contributed by atoms with E-state index in [1.807, 2.05) is 13.8 Å². The van der Waals surface area contributed by atoms with Gasteiger partial charge in [-0.25, -0.2) is 29.0 Å². The lowest BCUT2D eigenvalue weighted by atomic mass is 9.99. The van der Waals surface area contributed by atoms with E-state index in [0.717, 1.165) is 9.80 Å². The molecule has 4 aromatic carbocycles. The number of methoxy groups -OCH3 is 3. The standard InChI is InChI=1S/C74H89N9O29/c1-36(2)81-20-19-78(77-81)18-11-16-75-63(90)43-26-39(12-14-49(43)109-71-59(88)55(84)57(86)61(111-71)69(96)97)34-107-73(100)82-45-30-53(51(103-6)28-41(45)65(92)79-32-37(3)24-47(79)67(82)94)105-21-9-8-10-22-106-54-31-46-42(29-52(54)104-7)66(93)80-33-38(4)25-48(80)68(95)83(46)74(101)108-35-40-13-15-50(44(27-40)64(91)76-17-23-102-5)110-72-60(89)56(85)58(87)62(112-72)70(98)99/h12-15,19-20,26-31,36,47-48,55-62,67-68,71-72,84-89,94-95H,3-4,8-11,16-18,21-25,32-35H2,1-2,5-7H3,(H3-,75,76,90,91,96,97,98,99)/p+1/t47-,48-,55-,56-,57-,58-,59+,60+,61-,62-,67?,68?,71+,72+/m0/s1. The number of carbonyl (C=O) groups is 8. The molecular formula is C74H90N9O29+. The van der Waals surface area contributed by atoms with Gasteiger partial charge < -0.3 is 124 Å². The molecule has 0 aliphatic carbocycles. The minimum atomic E-state index is -2.04. The average molecular weight is 1570 g/mol. The number of aliphatic carboxylic acids is 2. The Morgan fingerprint density at radius 3 is 1.42 bits per heavy atom. The first kappa shape index (κ1) is 82.2. The first-order valence-electron chi connectivity index (χ1n) is 35.9. The minimum Gasteiger partial charge on any atom is -0.493 e. The van der Waals surface area contributed by atoms with E-state index in [9.17, 15) is 89.4 Å². The summed E-state index contributed by atoms with van der Waals surface area (Å²) in [6, 6.07) is 11.3. The molecule has 604 valence electrons. The van der Waals surface area contributed by atoms with Crippen LogP contribution in [0.1, 0.15) is 111 Å². The number of nitrogens with one attached hydrogen (secondary N) is 2. The van der Waals surface area contributed by atoms with Crippen molar-refractivity contribution in [2.45, 2.75) is 164 Å². The zero-order valence-corrected chi connectivity index (χ0v) is 61.7. The quantitative estimate of drug-likeness (QED) is 0.0170. The molecule has 7 heterocycles. The van der Waals surface area contributed by atoms with Gasteiger partial charge in [-0.15, -0.1) is 9.36 Å². The summed E-state index contributed by atoms with van der Waals surface area (Å²) in [5.74, 6) is -6.25. The van der Waals surface area contributed by atoms with Crippen LogP contribution in [0.15, 0.2) is 97.4 Å². The van der Waals surface area contributed by atoms with Gasteiger partial charge in [0.05, 0.1) is 85.0 Å². The van der Waals surface area contributed by atoms with Crippen LogP contribution in [0.2, 0.25) is 0 Å². The smallest absolute Gasteiger partial charge is 0.416 e. The number of carboxylic acids is 2. The molecule has 12 N–H and O–H groups in total. The summed E-state index contributed by atoms with van der Waals surface area (Å²) in [6.07, 6.45) is -20.3. The molecular weight excluding hydrogens is 1480 g/mol. The van der Waals surface area contributed by atoms with Gasteiger partial charge in [0, 0.05) is 51.8 Å². The lowest BCUT2D eigenvalue weighted by Gasteiger charge is -2.38. The summed E-state index contributed by atoms with van der Waals surface area (Å²) < 4.78 is 66.4. The first-order chi connectivity index (χ1) is 53.5. The van der Waals surface area contributed by atoms with Crippen LogP contribution in [-0.2, 0) is 53.0 Å². The second-order valence-corrected chi connectivity index (χ2v) is 27.6. The maximum absolute atomic E-state index is 14.7. The van der Waals surface area contributed by atoms with E-state index >= 15 is 0 Å². The average Bonchev–Trinajstić information content (AvgIpc) is 1.60. The number of carbonyl (C=O) groups excluding carboxylic acids is 6. The lowest BCUT2D eigenvalue weighted by molar-refractivity contribution is -0.755. The Balaban J connectivity index is 0.769. The predicted octanol–water partition coefficient (Wildman–Crippen LogP) is 0.627. The van der Waals surface area contributed by atoms with Gasteiger partial charge in [-0.05, 0) is 93.5 Å². The molecule has 0 bridgehead atoms. The number of hydrogen-bond acceptors (Lipinski definition) is 28. The van der Waals surface area contributed by atoms with Crippen LogP contribution >= 0.6 is 0 Å². The molecule has 0 saturated carbocycles. The predicted molar refractivity (Wildman–Crippen MR) is 382 cm³/mol. The van der Waals surface area contributed by atoms with E-state index in [1.54, 1.807) is 21.8 Å². The molecule has 2 unspecified atom stereocenters. The summed E-state index contributed by atoms with van der Waals surface area (Å²) in [5, 5.41) is 117. The third kappa shape index (κ3) is 17.8. The van der Waals surface area contributed by atoms with Gasteiger partial charge in [0.2, 0.25) is 12.6 Å². The second-order valence-electron chi connectivity index (χ2n) is 27.6. The van der Waals surface area contributed by atoms with Crippen molar-refractivity contribution in [1.29, 1.82) is 0 Å². The molecule has 38 heteroatoms. The van der Waals surface area contributed by atoms with Crippen molar-refractivity contribution >= 4 is 59.1 Å². The highest BCUT2D eigenvalue weighted by molar-refractivity contribution is 6.07. The molecule has 11 rings (SSSR count).